The molecule has 0 spiro atoms. The fourth-order valence-corrected chi connectivity index (χ4v) is 4.39. The molecule has 0 aliphatic carbocycles. The number of H-pyrrole nitrogens is 1. The molecule has 0 bridgehead atoms. The molecule has 1 fully saturated rings. The summed E-state index contributed by atoms with van der Waals surface area (Å²) >= 11 is 6.12. The number of halogens is 2. The lowest BCUT2D eigenvalue weighted by molar-refractivity contribution is 0.0279. The summed E-state index contributed by atoms with van der Waals surface area (Å²) in [6.07, 6.45) is 2.81. The van der Waals surface area contributed by atoms with Crippen molar-refractivity contribution < 1.29 is 9.50 Å². The summed E-state index contributed by atoms with van der Waals surface area (Å²) in [4.78, 5) is 10.1. The number of aromatic nitrogens is 2. The lowest BCUT2D eigenvalue weighted by Crippen LogP contribution is -2.46. The van der Waals surface area contributed by atoms with Crippen molar-refractivity contribution in [2.24, 2.45) is 5.41 Å². The summed E-state index contributed by atoms with van der Waals surface area (Å²) in [5, 5.41) is 10.9. The second-order valence-electron chi connectivity index (χ2n) is 7.62. The molecule has 2 heterocycles. The first-order valence-electron chi connectivity index (χ1n) is 9.27. The maximum atomic E-state index is 13.4. The largest absolute Gasteiger partial charge is 0.396 e. The van der Waals surface area contributed by atoms with Crippen LogP contribution in [0.25, 0.3) is 11.0 Å². The van der Waals surface area contributed by atoms with Crippen LogP contribution >= 0.6 is 11.6 Å². The van der Waals surface area contributed by atoms with Gasteiger partial charge in [-0.3, -0.25) is 4.90 Å². The van der Waals surface area contributed by atoms with Crippen molar-refractivity contribution in [3.05, 3.63) is 64.7 Å². The summed E-state index contributed by atoms with van der Waals surface area (Å²) < 4.78 is 13.4. The Labute approximate surface area is 163 Å². The van der Waals surface area contributed by atoms with Crippen molar-refractivity contribution >= 4 is 22.6 Å². The zero-order chi connectivity index (χ0) is 18.9. The summed E-state index contributed by atoms with van der Waals surface area (Å²) in [6, 6.07) is 12.5. The van der Waals surface area contributed by atoms with E-state index in [-0.39, 0.29) is 17.8 Å². The van der Waals surface area contributed by atoms with Crippen molar-refractivity contribution in [1.82, 2.24) is 14.9 Å². The highest BCUT2D eigenvalue weighted by Gasteiger charge is 2.35. The van der Waals surface area contributed by atoms with E-state index < -0.39 is 0 Å². The van der Waals surface area contributed by atoms with Crippen LogP contribution < -0.4 is 0 Å². The molecular weight excluding hydrogens is 365 g/mol. The number of likely N-dealkylation sites (tertiary alicyclic amines) is 1. The third-order valence-electron chi connectivity index (χ3n) is 5.41. The van der Waals surface area contributed by atoms with Gasteiger partial charge in [-0.15, -0.1) is 0 Å². The van der Waals surface area contributed by atoms with E-state index in [0.717, 1.165) is 54.3 Å². The Hall–Kier alpha value is -1.95. The minimum Gasteiger partial charge on any atom is -0.396 e. The van der Waals surface area contributed by atoms with Gasteiger partial charge in [-0.1, -0.05) is 23.7 Å². The van der Waals surface area contributed by atoms with E-state index in [4.69, 9.17) is 11.6 Å². The number of imidazole rings is 1. The van der Waals surface area contributed by atoms with Crippen molar-refractivity contribution in [3.63, 3.8) is 0 Å². The lowest BCUT2D eigenvalue weighted by atomic mass is 9.75. The number of hydrogen-bond acceptors (Lipinski definition) is 3. The quantitative estimate of drug-likeness (QED) is 0.690. The second kappa shape index (κ2) is 7.58. The predicted octanol–water partition coefficient (Wildman–Crippen LogP) is 4.17. The highest BCUT2D eigenvalue weighted by atomic mass is 35.5. The highest BCUT2D eigenvalue weighted by Crippen LogP contribution is 2.34. The van der Waals surface area contributed by atoms with Crippen LogP contribution in [0.15, 0.2) is 42.5 Å². The third kappa shape index (κ3) is 4.15. The van der Waals surface area contributed by atoms with E-state index >= 15 is 0 Å². The fourth-order valence-electron chi connectivity index (χ4n) is 4.18. The number of aromatic amines is 1. The summed E-state index contributed by atoms with van der Waals surface area (Å²) in [7, 11) is 0. The first-order valence-corrected chi connectivity index (χ1v) is 9.65. The molecule has 4 rings (SSSR count). The Morgan fingerprint density at radius 2 is 2.15 bits per heavy atom. The summed E-state index contributed by atoms with van der Waals surface area (Å²) in [5.74, 6) is 0.559. The molecule has 1 atom stereocenters. The van der Waals surface area contributed by atoms with Gasteiger partial charge in [-0.25, -0.2) is 9.37 Å². The molecule has 0 radical (unpaired) electrons. The van der Waals surface area contributed by atoms with E-state index in [0.29, 0.717) is 12.1 Å². The molecule has 4 nitrogen and oxygen atoms in total. The number of aliphatic hydroxyl groups excluding tert-OH is 1. The van der Waals surface area contributed by atoms with Gasteiger partial charge >= 0.3 is 0 Å². The van der Waals surface area contributed by atoms with Crippen molar-refractivity contribution in [1.29, 1.82) is 0 Å². The van der Waals surface area contributed by atoms with Gasteiger partial charge in [0.05, 0.1) is 24.2 Å². The number of hydrogen-bond donors (Lipinski definition) is 2. The van der Waals surface area contributed by atoms with E-state index in [9.17, 15) is 9.50 Å². The normalized spacial score (nSPS) is 21.0. The Morgan fingerprint density at radius 1 is 1.26 bits per heavy atom. The number of piperidine rings is 1. The number of aliphatic hydroxyl groups is 1. The molecule has 1 aliphatic heterocycles. The van der Waals surface area contributed by atoms with Crippen LogP contribution in [-0.2, 0) is 13.0 Å². The molecule has 2 N–H and O–H groups in total. The molecule has 1 saturated heterocycles. The van der Waals surface area contributed by atoms with Crippen molar-refractivity contribution in [2.75, 3.05) is 19.7 Å². The number of rotatable bonds is 5. The first kappa shape index (κ1) is 18.4. The Kier molecular flexibility index (Phi) is 5.17. The van der Waals surface area contributed by atoms with Gasteiger partial charge in [0.25, 0.3) is 0 Å². The smallest absolute Gasteiger partial charge is 0.125 e. The Bertz CT molecular complexity index is 944. The van der Waals surface area contributed by atoms with E-state index in [1.54, 1.807) is 6.07 Å². The third-order valence-corrected chi connectivity index (χ3v) is 5.65. The molecular formula is C21H23ClFN3O. The van der Waals surface area contributed by atoms with Crippen LogP contribution in [0.3, 0.4) is 0 Å². The van der Waals surface area contributed by atoms with E-state index in [2.05, 4.69) is 20.9 Å². The molecule has 142 valence electrons. The van der Waals surface area contributed by atoms with E-state index in [1.807, 2.05) is 18.2 Å². The van der Waals surface area contributed by atoms with Gasteiger partial charge in [-0.2, -0.15) is 0 Å². The van der Waals surface area contributed by atoms with Crippen LogP contribution in [0, 0.1) is 11.2 Å². The molecule has 1 unspecified atom stereocenters. The Morgan fingerprint density at radius 3 is 2.96 bits per heavy atom. The molecule has 2 aromatic carbocycles. The maximum Gasteiger partial charge on any atom is 0.125 e. The van der Waals surface area contributed by atoms with Gasteiger partial charge in [-0.05, 0) is 61.7 Å². The van der Waals surface area contributed by atoms with Gasteiger partial charge < -0.3 is 10.1 Å². The number of benzene rings is 2. The minimum absolute atomic E-state index is 0.140. The van der Waals surface area contributed by atoms with E-state index in [1.165, 1.54) is 12.1 Å². The number of fused-ring (bicyclic) bond motifs is 1. The van der Waals surface area contributed by atoms with Gasteiger partial charge in [0.1, 0.15) is 11.6 Å². The van der Waals surface area contributed by atoms with Crippen LogP contribution in [0.2, 0.25) is 5.02 Å². The first-order chi connectivity index (χ1) is 13.0. The average Bonchev–Trinajstić information content (AvgIpc) is 3.03. The molecule has 6 heteroatoms. The monoisotopic (exact) mass is 387 g/mol. The maximum absolute atomic E-state index is 13.4. The topological polar surface area (TPSA) is 52.1 Å². The molecule has 0 amide bonds. The second-order valence-corrected chi connectivity index (χ2v) is 8.06. The zero-order valence-electron chi connectivity index (χ0n) is 15.1. The number of nitrogens with one attached hydrogen (secondary N) is 1. The standard InChI is InChI=1S/C21H23ClFN3O/c22-16-4-1-3-15(9-16)11-21(14-27)7-2-8-26(13-21)12-20-24-18-6-5-17(23)10-19(18)25-20/h1,3-6,9-10,27H,2,7-8,11-14H2,(H,24,25). The van der Waals surface area contributed by atoms with Crippen LogP contribution in [0.1, 0.15) is 24.2 Å². The Balaban J connectivity index is 1.50. The molecule has 3 aromatic rings. The fraction of sp³-hybridized carbons (Fsp3) is 0.381. The predicted molar refractivity (Wildman–Crippen MR) is 105 cm³/mol. The van der Waals surface area contributed by atoms with Crippen molar-refractivity contribution in [3.8, 4) is 0 Å². The van der Waals surface area contributed by atoms with Gasteiger partial charge in [0.15, 0.2) is 0 Å². The molecule has 1 aromatic heterocycles. The van der Waals surface area contributed by atoms with Crippen LogP contribution in [0.4, 0.5) is 4.39 Å². The summed E-state index contributed by atoms with van der Waals surface area (Å²) in [6.45, 7) is 2.55. The molecule has 0 saturated carbocycles. The van der Waals surface area contributed by atoms with Crippen LogP contribution in [0.5, 0.6) is 0 Å². The SMILES string of the molecule is OCC1(Cc2cccc(Cl)c2)CCCN(Cc2nc3ccc(F)cc3[nH]2)C1. The summed E-state index contributed by atoms with van der Waals surface area (Å²) in [5.41, 5.74) is 2.46. The highest BCUT2D eigenvalue weighted by molar-refractivity contribution is 6.30. The molecule has 27 heavy (non-hydrogen) atoms. The van der Waals surface area contributed by atoms with Crippen molar-refractivity contribution in [2.45, 2.75) is 25.8 Å². The average molecular weight is 388 g/mol. The lowest BCUT2D eigenvalue weighted by Gasteiger charge is -2.41. The zero-order valence-corrected chi connectivity index (χ0v) is 15.8. The van der Waals surface area contributed by atoms with Crippen LogP contribution in [-0.4, -0.2) is 39.7 Å². The number of nitrogens with zero attached hydrogens (tertiary/aromatic N) is 2. The van der Waals surface area contributed by atoms with Gasteiger partial charge in [0.2, 0.25) is 0 Å². The minimum atomic E-state index is -0.267. The molecule has 1 aliphatic rings. The van der Waals surface area contributed by atoms with Gasteiger partial charge in [0, 0.05) is 17.0 Å².